The maximum atomic E-state index is 5.98. The molecule has 2 aromatic rings. The van der Waals surface area contributed by atoms with E-state index in [0.717, 1.165) is 29.3 Å². The van der Waals surface area contributed by atoms with Gasteiger partial charge in [-0.2, -0.15) is 0 Å². The number of rotatable bonds is 6. The first-order valence-corrected chi connectivity index (χ1v) is 7.85. The number of thiazole rings is 1. The van der Waals surface area contributed by atoms with Gasteiger partial charge < -0.3 is 10.5 Å². The zero-order valence-corrected chi connectivity index (χ0v) is 13.2. The summed E-state index contributed by atoms with van der Waals surface area (Å²) in [4.78, 5) is 5.86. The molecule has 0 aliphatic carbocycles. The van der Waals surface area contributed by atoms with Crippen LogP contribution in [0.15, 0.2) is 24.3 Å². The van der Waals surface area contributed by atoms with Crippen molar-refractivity contribution < 1.29 is 4.74 Å². The molecule has 2 rings (SSSR count). The zero-order chi connectivity index (χ0) is 14.5. The number of hydrogen-bond donors (Lipinski definition) is 1. The van der Waals surface area contributed by atoms with Crippen molar-refractivity contribution in [2.75, 3.05) is 6.61 Å². The molecular weight excluding hydrogens is 268 g/mol. The van der Waals surface area contributed by atoms with Crippen molar-refractivity contribution in [3.8, 4) is 5.75 Å². The van der Waals surface area contributed by atoms with Crippen molar-refractivity contribution in [3.63, 3.8) is 0 Å². The molecule has 0 saturated carbocycles. The zero-order valence-electron chi connectivity index (χ0n) is 12.3. The third-order valence-corrected chi connectivity index (χ3v) is 4.45. The molecule has 1 aromatic heterocycles. The number of ether oxygens (including phenoxy) is 1. The molecule has 1 heterocycles. The highest BCUT2D eigenvalue weighted by Gasteiger charge is 2.12. The Hall–Kier alpha value is -1.39. The van der Waals surface area contributed by atoms with Crippen LogP contribution in [0.4, 0.5) is 0 Å². The molecule has 3 nitrogen and oxygen atoms in total. The largest absolute Gasteiger partial charge is 0.493 e. The second-order valence-electron chi connectivity index (χ2n) is 4.98. The van der Waals surface area contributed by atoms with Gasteiger partial charge in [0.25, 0.3) is 0 Å². The van der Waals surface area contributed by atoms with Gasteiger partial charge in [0.05, 0.1) is 17.3 Å². The van der Waals surface area contributed by atoms with E-state index in [1.54, 1.807) is 11.3 Å². The minimum atomic E-state index is 0.0638. The molecule has 0 aliphatic heterocycles. The van der Waals surface area contributed by atoms with E-state index in [0.29, 0.717) is 6.61 Å². The van der Waals surface area contributed by atoms with Crippen LogP contribution in [0.3, 0.4) is 0 Å². The highest BCUT2D eigenvalue weighted by molar-refractivity contribution is 7.11. The minimum absolute atomic E-state index is 0.0638. The van der Waals surface area contributed by atoms with Crippen LogP contribution < -0.4 is 10.5 Å². The van der Waals surface area contributed by atoms with E-state index < -0.39 is 0 Å². The predicted octanol–water partition coefficient (Wildman–Crippen LogP) is 3.66. The van der Waals surface area contributed by atoms with Gasteiger partial charge in [-0.3, -0.25) is 0 Å². The average molecular weight is 290 g/mol. The van der Waals surface area contributed by atoms with Gasteiger partial charge in [0.2, 0.25) is 0 Å². The summed E-state index contributed by atoms with van der Waals surface area (Å²) in [5.74, 6) is 0.921. The second-order valence-corrected chi connectivity index (χ2v) is 6.09. The van der Waals surface area contributed by atoms with Crippen LogP contribution in [0, 0.1) is 6.92 Å². The third kappa shape index (κ3) is 3.81. The summed E-state index contributed by atoms with van der Waals surface area (Å²) in [7, 11) is 0. The smallest absolute Gasteiger partial charge is 0.119 e. The van der Waals surface area contributed by atoms with Crippen molar-refractivity contribution in [2.45, 2.75) is 39.7 Å². The highest BCUT2D eigenvalue weighted by Crippen LogP contribution is 2.25. The summed E-state index contributed by atoms with van der Waals surface area (Å²) >= 11 is 1.71. The molecule has 1 aromatic carbocycles. The van der Waals surface area contributed by atoms with Crippen LogP contribution in [-0.4, -0.2) is 11.6 Å². The summed E-state index contributed by atoms with van der Waals surface area (Å²) < 4.78 is 5.77. The van der Waals surface area contributed by atoms with E-state index in [1.165, 1.54) is 10.4 Å². The monoisotopic (exact) mass is 290 g/mol. The normalized spacial score (nSPS) is 12.4. The highest BCUT2D eigenvalue weighted by atomic mass is 32.1. The molecule has 1 atom stereocenters. The van der Waals surface area contributed by atoms with Gasteiger partial charge in [-0.1, -0.05) is 19.1 Å². The first kappa shape index (κ1) is 15.0. The molecule has 0 bridgehead atoms. The van der Waals surface area contributed by atoms with E-state index in [1.807, 2.05) is 25.1 Å². The molecule has 0 saturated heterocycles. The maximum absolute atomic E-state index is 5.98. The molecule has 108 valence electrons. The number of nitrogens with two attached hydrogens (primary N) is 1. The summed E-state index contributed by atoms with van der Waals surface area (Å²) in [6.07, 6.45) is 1.77. The molecule has 0 amide bonds. The molecular formula is C16H22N2OS. The Bertz CT molecular complexity index is 563. The molecule has 0 aliphatic rings. The molecule has 0 spiro atoms. The summed E-state index contributed by atoms with van der Waals surface area (Å²) in [5, 5.41) is 1.11. The molecule has 1 unspecified atom stereocenters. The lowest BCUT2D eigenvalue weighted by atomic mass is 10.2. The lowest BCUT2D eigenvalue weighted by Gasteiger charge is -2.05. The number of hydrogen-bond acceptors (Lipinski definition) is 4. The third-order valence-electron chi connectivity index (χ3n) is 3.09. The Balaban J connectivity index is 1.94. The molecule has 20 heavy (non-hydrogen) atoms. The fourth-order valence-corrected chi connectivity index (χ4v) is 3.18. The number of benzene rings is 1. The van der Waals surface area contributed by atoms with Gasteiger partial charge in [-0.05, 0) is 38.0 Å². The van der Waals surface area contributed by atoms with Gasteiger partial charge in [0.15, 0.2) is 0 Å². The molecule has 2 N–H and O–H groups in total. The van der Waals surface area contributed by atoms with Crippen molar-refractivity contribution >= 4 is 11.3 Å². The van der Waals surface area contributed by atoms with Gasteiger partial charge in [-0.15, -0.1) is 11.3 Å². The van der Waals surface area contributed by atoms with Gasteiger partial charge in [-0.25, -0.2) is 4.98 Å². The maximum Gasteiger partial charge on any atom is 0.119 e. The van der Waals surface area contributed by atoms with E-state index in [4.69, 9.17) is 10.5 Å². The van der Waals surface area contributed by atoms with Crippen LogP contribution in [0.1, 0.15) is 41.0 Å². The van der Waals surface area contributed by atoms with Crippen LogP contribution in [0.2, 0.25) is 0 Å². The lowest BCUT2D eigenvalue weighted by Crippen LogP contribution is -2.05. The first-order chi connectivity index (χ1) is 9.60. The number of nitrogens with zero attached hydrogens (tertiary/aromatic N) is 1. The Morgan fingerprint density at radius 1 is 1.40 bits per heavy atom. The standard InChI is InChI=1S/C16H22N2OS/c1-4-14-16(12(3)17)20-15(18-14)8-9-19-13-7-5-6-11(2)10-13/h5-7,10,12H,4,8-9,17H2,1-3H3. The Morgan fingerprint density at radius 3 is 2.80 bits per heavy atom. The Morgan fingerprint density at radius 2 is 2.20 bits per heavy atom. The van der Waals surface area contributed by atoms with Crippen molar-refractivity contribution in [3.05, 3.63) is 45.4 Å². The van der Waals surface area contributed by atoms with Crippen molar-refractivity contribution in [1.29, 1.82) is 0 Å². The van der Waals surface area contributed by atoms with Crippen LogP contribution in [0.5, 0.6) is 5.75 Å². The van der Waals surface area contributed by atoms with Gasteiger partial charge in [0.1, 0.15) is 5.75 Å². The lowest BCUT2D eigenvalue weighted by molar-refractivity contribution is 0.321. The van der Waals surface area contributed by atoms with Crippen LogP contribution in [0.25, 0.3) is 0 Å². The second kappa shape index (κ2) is 6.86. The average Bonchev–Trinajstić information content (AvgIpc) is 2.82. The SMILES string of the molecule is CCc1nc(CCOc2cccc(C)c2)sc1C(C)N. The van der Waals surface area contributed by atoms with E-state index in [9.17, 15) is 0 Å². The predicted molar refractivity (Wildman–Crippen MR) is 84.5 cm³/mol. The fourth-order valence-electron chi connectivity index (χ4n) is 2.09. The first-order valence-electron chi connectivity index (χ1n) is 7.03. The van der Waals surface area contributed by atoms with Gasteiger partial charge in [0, 0.05) is 17.3 Å². The van der Waals surface area contributed by atoms with E-state index in [2.05, 4.69) is 24.9 Å². The number of aryl methyl sites for hydroxylation is 2. The topological polar surface area (TPSA) is 48.1 Å². The molecule has 0 fully saturated rings. The van der Waals surface area contributed by atoms with E-state index in [-0.39, 0.29) is 6.04 Å². The van der Waals surface area contributed by atoms with Crippen LogP contribution >= 0.6 is 11.3 Å². The molecule has 0 radical (unpaired) electrons. The Kier molecular flexibility index (Phi) is 5.15. The summed E-state index contributed by atoms with van der Waals surface area (Å²) in [6.45, 7) is 6.85. The van der Waals surface area contributed by atoms with Crippen molar-refractivity contribution in [2.24, 2.45) is 5.73 Å². The molecule has 4 heteroatoms. The summed E-state index contributed by atoms with van der Waals surface area (Å²) in [6, 6.07) is 8.17. The van der Waals surface area contributed by atoms with Crippen molar-refractivity contribution in [1.82, 2.24) is 4.98 Å². The Labute approximate surface area is 124 Å². The summed E-state index contributed by atoms with van der Waals surface area (Å²) in [5.41, 5.74) is 8.33. The van der Waals surface area contributed by atoms with E-state index >= 15 is 0 Å². The van der Waals surface area contributed by atoms with Crippen LogP contribution in [-0.2, 0) is 12.8 Å². The fraction of sp³-hybridized carbons (Fsp3) is 0.438. The quantitative estimate of drug-likeness (QED) is 0.883. The minimum Gasteiger partial charge on any atom is -0.493 e. The number of aromatic nitrogens is 1. The van der Waals surface area contributed by atoms with Gasteiger partial charge >= 0.3 is 0 Å².